The lowest BCUT2D eigenvalue weighted by atomic mass is 10.2. The molecule has 1 aliphatic heterocycles. The van der Waals surface area contributed by atoms with Crippen molar-refractivity contribution in [2.24, 2.45) is 0 Å². The Morgan fingerprint density at radius 2 is 1.97 bits per heavy atom. The molecule has 0 saturated carbocycles. The van der Waals surface area contributed by atoms with Gasteiger partial charge in [-0.25, -0.2) is 23.5 Å². The molecule has 0 aromatic carbocycles. The number of pyridine rings is 1. The number of alkyl halides is 5. The highest BCUT2D eigenvalue weighted by atomic mass is 19.4. The summed E-state index contributed by atoms with van der Waals surface area (Å²) in [5, 5.41) is 8.10. The molecule has 1 fully saturated rings. The average Bonchev–Trinajstić information content (AvgIpc) is 3.55. The first-order valence-electron chi connectivity index (χ1n) is 11.3. The molecular weight excluding hydrogens is 533 g/mol. The Kier molecular flexibility index (Phi) is 5.40. The van der Waals surface area contributed by atoms with Gasteiger partial charge in [0.05, 0.1) is 42.3 Å². The van der Waals surface area contributed by atoms with Crippen molar-refractivity contribution in [1.82, 2.24) is 39.3 Å². The number of rotatable bonds is 5. The summed E-state index contributed by atoms with van der Waals surface area (Å²) in [6.07, 6.45) is -1.31. The molecule has 202 valence electrons. The molecule has 39 heavy (non-hydrogen) atoms. The number of aromatic amines is 2. The normalized spacial score (nSPS) is 17.4. The van der Waals surface area contributed by atoms with Gasteiger partial charge in [0.15, 0.2) is 11.8 Å². The van der Waals surface area contributed by atoms with Crippen molar-refractivity contribution in [3.63, 3.8) is 0 Å². The molecule has 0 bridgehead atoms. The number of nitrogens with zero attached hydrogens (tertiary/aromatic N) is 7. The summed E-state index contributed by atoms with van der Waals surface area (Å²) in [7, 11) is 0. The van der Waals surface area contributed by atoms with Crippen LogP contribution in [0.5, 0.6) is 5.88 Å². The van der Waals surface area contributed by atoms with E-state index < -0.39 is 42.5 Å². The molecule has 0 spiro atoms. The first-order valence-corrected chi connectivity index (χ1v) is 11.3. The summed E-state index contributed by atoms with van der Waals surface area (Å²) >= 11 is 0. The van der Waals surface area contributed by atoms with E-state index in [-0.39, 0.29) is 46.1 Å². The van der Waals surface area contributed by atoms with Crippen molar-refractivity contribution < 1.29 is 26.7 Å². The summed E-state index contributed by atoms with van der Waals surface area (Å²) in [6.45, 7) is -2.52. The third-order valence-electron chi connectivity index (χ3n) is 6.11. The van der Waals surface area contributed by atoms with Gasteiger partial charge < -0.3 is 14.6 Å². The Labute approximate surface area is 212 Å². The maximum atomic E-state index is 15.1. The van der Waals surface area contributed by atoms with E-state index in [1.165, 1.54) is 40.1 Å². The van der Waals surface area contributed by atoms with E-state index in [0.29, 0.717) is 4.68 Å². The maximum Gasteiger partial charge on any atom is 0.408 e. The fourth-order valence-corrected chi connectivity index (χ4v) is 4.37. The fraction of sp³-hybridized carbons (Fsp3) is 0.273. The lowest BCUT2D eigenvalue weighted by molar-refractivity contribution is -0.141. The van der Waals surface area contributed by atoms with Gasteiger partial charge in [0.1, 0.15) is 12.4 Å². The van der Waals surface area contributed by atoms with Crippen LogP contribution in [0.3, 0.4) is 0 Å². The van der Waals surface area contributed by atoms with Gasteiger partial charge in [-0.05, 0) is 0 Å². The number of H-pyrrole nitrogens is 2. The van der Waals surface area contributed by atoms with Crippen LogP contribution >= 0.6 is 0 Å². The van der Waals surface area contributed by atoms with E-state index in [1.54, 1.807) is 0 Å². The van der Waals surface area contributed by atoms with E-state index in [1.807, 2.05) is 0 Å². The Balaban J connectivity index is 1.32. The van der Waals surface area contributed by atoms with E-state index in [9.17, 15) is 22.8 Å². The lowest BCUT2D eigenvalue weighted by Gasteiger charge is -2.19. The highest BCUT2D eigenvalue weighted by molar-refractivity contribution is 5.78. The zero-order valence-corrected chi connectivity index (χ0v) is 19.5. The highest BCUT2D eigenvalue weighted by Gasteiger charge is 2.51. The SMILES string of the molecule is O=c1[nH]cc(-c2cc(N3C[C@H](Oc4cc5c(cn4)cnn5CC(F)(F)F)C(F)(F)C3)n3nccc3n2)c(=O)[nH]1. The van der Waals surface area contributed by atoms with Crippen LogP contribution in [0.2, 0.25) is 0 Å². The molecule has 1 aliphatic rings. The Hall–Kier alpha value is -4.83. The molecule has 2 N–H and O–H groups in total. The summed E-state index contributed by atoms with van der Waals surface area (Å²) in [5.74, 6) is -3.53. The number of ether oxygens (including phenoxy) is 1. The van der Waals surface area contributed by atoms with E-state index in [0.717, 1.165) is 12.3 Å². The largest absolute Gasteiger partial charge is 0.466 e. The molecule has 0 unspecified atom stereocenters. The molecule has 6 heterocycles. The number of hydrogen-bond acceptors (Lipinski definition) is 8. The number of nitrogens with one attached hydrogen (secondary N) is 2. The van der Waals surface area contributed by atoms with Crippen LogP contribution in [0.15, 0.2) is 52.6 Å². The third-order valence-corrected chi connectivity index (χ3v) is 6.11. The van der Waals surface area contributed by atoms with Crippen molar-refractivity contribution >= 4 is 22.4 Å². The number of hydrogen-bond donors (Lipinski definition) is 2. The van der Waals surface area contributed by atoms with Gasteiger partial charge in [0.25, 0.3) is 5.56 Å². The van der Waals surface area contributed by atoms with Crippen LogP contribution in [0.25, 0.3) is 27.8 Å². The number of halogens is 5. The van der Waals surface area contributed by atoms with E-state index in [2.05, 4.69) is 30.1 Å². The minimum atomic E-state index is -4.54. The van der Waals surface area contributed by atoms with Gasteiger partial charge in [-0.3, -0.25) is 14.5 Å². The van der Waals surface area contributed by atoms with Crippen LogP contribution in [0.1, 0.15) is 0 Å². The predicted molar refractivity (Wildman–Crippen MR) is 125 cm³/mol. The summed E-state index contributed by atoms with van der Waals surface area (Å²) in [5.41, 5.74) is -1.05. The van der Waals surface area contributed by atoms with Gasteiger partial charge in [-0.15, -0.1) is 0 Å². The second-order valence-corrected chi connectivity index (χ2v) is 8.83. The maximum absolute atomic E-state index is 15.1. The quantitative estimate of drug-likeness (QED) is 0.318. The fourth-order valence-electron chi connectivity index (χ4n) is 4.37. The summed E-state index contributed by atoms with van der Waals surface area (Å²) in [4.78, 5) is 37.7. The molecule has 5 aromatic heterocycles. The van der Waals surface area contributed by atoms with Gasteiger partial charge >= 0.3 is 17.8 Å². The minimum Gasteiger partial charge on any atom is -0.466 e. The zero-order valence-electron chi connectivity index (χ0n) is 19.5. The smallest absolute Gasteiger partial charge is 0.408 e. The first kappa shape index (κ1) is 24.5. The monoisotopic (exact) mass is 549 g/mol. The van der Waals surface area contributed by atoms with Crippen molar-refractivity contribution in [2.45, 2.75) is 24.7 Å². The van der Waals surface area contributed by atoms with Crippen LogP contribution < -0.4 is 20.9 Å². The Morgan fingerprint density at radius 1 is 1.15 bits per heavy atom. The average molecular weight is 549 g/mol. The zero-order chi connectivity index (χ0) is 27.5. The van der Waals surface area contributed by atoms with Crippen LogP contribution in [-0.4, -0.2) is 70.6 Å². The van der Waals surface area contributed by atoms with Gasteiger partial charge in [0.2, 0.25) is 5.88 Å². The van der Waals surface area contributed by atoms with Gasteiger partial charge in [0, 0.05) is 36.0 Å². The molecule has 0 aliphatic carbocycles. The second kappa shape index (κ2) is 8.60. The van der Waals surface area contributed by atoms with Gasteiger partial charge in [-0.2, -0.15) is 27.9 Å². The van der Waals surface area contributed by atoms with Crippen molar-refractivity contribution in [3.8, 4) is 17.1 Å². The molecule has 6 rings (SSSR count). The Morgan fingerprint density at radius 3 is 2.74 bits per heavy atom. The Bertz CT molecular complexity index is 1820. The minimum absolute atomic E-state index is 0.00581. The number of fused-ring (bicyclic) bond motifs is 2. The molecule has 12 nitrogen and oxygen atoms in total. The lowest BCUT2D eigenvalue weighted by Crippen LogP contribution is -2.36. The van der Waals surface area contributed by atoms with E-state index >= 15 is 8.78 Å². The summed E-state index contributed by atoms with van der Waals surface area (Å²) < 4.78 is 76.4. The van der Waals surface area contributed by atoms with Crippen molar-refractivity contribution in [1.29, 1.82) is 0 Å². The number of aromatic nitrogens is 8. The molecule has 1 atom stereocenters. The van der Waals surface area contributed by atoms with Crippen LogP contribution in [-0.2, 0) is 6.54 Å². The van der Waals surface area contributed by atoms with Crippen LogP contribution in [0.4, 0.5) is 27.8 Å². The molecule has 0 amide bonds. The second-order valence-electron chi connectivity index (χ2n) is 8.83. The molecule has 1 saturated heterocycles. The predicted octanol–water partition coefficient (Wildman–Crippen LogP) is 1.98. The summed E-state index contributed by atoms with van der Waals surface area (Å²) in [6, 6.07) is 4.02. The first-order chi connectivity index (χ1) is 18.5. The van der Waals surface area contributed by atoms with Gasteiger partial charge in [-0.1, -0.05) is 0 Å². The van der Waals surface area contributed by atoms with E-state index in [4.69, 9.17) is 4.74 Å². The third kappa shape index (κ3) is 4.55. The number of anilines is 1. The standard InChI is InChI=1S/C22H16F5N9O3/c23-21(24)9-34(8-15(21)39-17-4-14-11(5-28-17)6-31-35(14)10-22(25,26)27)18-3-13(32-16-1-2-30-36(16)18)12-7-29-20(38)33-19(12)37/h1-7,15H,8-10H2,(H2,29,33,37,38)/t15-/m0/s1. The molecule has 5 aromatic rings. The highest BCUT2D eigenvalue weighted by Crippen LogP contribution is 2.35. The van der Waals surface area contributed by atoms with Crippen LogP contribution in [0, 0.1) is 0 Å². The molecule has 17 heteroatoms. The molecular formula is C22H16F5N9O3. The topological polar surface area (TPSA) is 139 Å². The van der Waals surface area contributed by atoms with Crippen molar-refractivity contribution in [2.75, 3.05) is 18.0 Å². The molecule has 0 radical (unpaired) electrons. The van der Waals surface area contributed by atoms with Crippen molar-refractivity contribution in [3.05, 3.63) is 63.8 Å².